The molecule has 0 aliphatic heterocycles. The molecular weight excluding hydrogens is 379 g/mol. The van der Waals surface area contributed by atoms with E-state index in [1.54, 1.807) is 0 Å². The molecule has 4 unspecified atom stereocenters. The van der Waals surface area contributed by atoms with E-state index in [2.05, 4.69) is 4.74 Å². The van der Waals surface area contributed by atoms with Crippen LogP contribution in [-0.2, 0) is 4.74 Å². The summed E-state index contributed by atoms with van der Waals surface area (Å²) in [6.45, 7) is 2.57. The van der Waals surface area contributed by atoms with Crippen LogP contribution in [0, 0.1) is 23.5 Å². The van der Waals surface area contributed by atoms with Crippen LogP contribution in [0.2, 0.25) is 0 Å². The predicted molar refractivity (Wildman–Crippen MR) is 95.0 cm³/mol. The van der Waals surface area contributed by atoms with Crippen molar-refractivity contribution in [3.05, 3.63) is 41.5 Å². The number of alkyl halides is 3. The van der Waals surface area contributed by atoms with Crippen molar-refractivity contribution in [2.45, 2.75) is 63.8 Å². The van der Waals surface area contributed by atoms with Crippen LogP contribution in [0.5, 0.6) is 5.75 Å². The van der Waals surface area contributed by atoms with Crippen LogP contribution in [0.3, 0.4) is 0 Å². The molecule has 0 bridgehead atoms. The lowest BCUT2D eigenvalue weighted by molar-refractivity contribution is -0.276. The van der Waals surface area contributed by atoms with Gasteiger partial charge in [-0.3, -0.25) is 0 Å². The Kier molecular flexibility index (Phi) is 6.63. The molecule has 2 saturated carbocycles. The van der Waals surface area contributed by atoms with E-state index >= 15 is 0 Å². The fraction of sp³-hybridized carbons (Fsp3) is 0.619. The van der Waals surface area contributed by atoms with E-state index in [-0.39, 0.29) is 12.0 Å². The normalized spacial score (nSPS) is 28.4. The fourth-order valence-corrected chi connectivity index (χ4v) is 4.62. The SMILES string of the molecule is C/C=C/COC1CCC2CC(c3cc(F)c(OC(F)(F)F)c(F)c3)CCC2C1. The second kappa shape index (κ2) is 8.80. The maximum absolute atomic E-state index is 14.0. The maximum atomic E-state index is 14.0. The molecule has 2 nitrogen and oxygen atoms in total. The number of ether oxygens (including phenoxy) is 2. The Morgan fingerprint density at radius 2 is 1.64 bits per heavy atom. The third kappa shape index (κ3) is 5.25. The molecule has 156 valence electrons. The highest BCUT2D eigenvalue weighted by molar-refractivity contribution is 5.33. The lowest BCUT2D eigenvalue weighted by Crippen LogP contribution is -2.33. The summed E-state index contributed by atoms with van der Waals surface area (Å²) in [5.41, 5.74) is 0.412. The molecule has 1 aromatic carbocycles. The molecule has 7 heteroatoms. The molecule has 0 radical (unpaired) electrons. The number of hydrogen-bond donors (Lipinski definition) is 0. The Morgan fingerprint density at radius 1 is 1.00 bits per heavy atom. The van der Waals surface area contributed by atoms with Crippen molar-refractivity contribution in [1.29, 1.82) is 0 Å². The zero-order chi connectivity index (χ0) is 20.3. The zero-order valence-corrected chi connectivity index (χ0v) is 15.8. The van der Waals surface area contributed by atoms with Crippen molar-refractivity contribution >= 4 is 0 Å². The molecule has 0 heterocycles. The van der Waals surface area contributed by atoms with Crippen LogP contribution in [0.4, 0.5) is 22.0 Å². The summed E-state index contributed by atoms with van der Waals surface area (Å²) < 4.78 is 74.3. The van der Waals surface area contributed by atoms with Gasteiger partial charge in [0.25, 0.3) is 0 Å². The minimum absolute atomic E-state index is 0.0503. The highest BCUT2D eigenvalue weighted by atomic mass is 19.4. The van der Waals surface area contributed by atoms with Crippen LogP contribution in [0.25, 0.3) is 0 Å². The van der Waals surface area contributed by atoms with Gasteiger partial charge in [0.1, 0.15) is 0 Å². The summed E-state index contributed by atoms with van der Waals surface area (Å²) in [7, 11) is 0. The predicted octanol–water partition coefficient (Wildman–Crippen LogP) is 6.51. The van der Waals surface area contributed by atoms with E-state index in [9.17, 15) is 22.0 Å². The molecule has 2 aliphatic rings. The largest absolute Gasteiger partial charge is 0.573 e. The first-order valence-electron chi connectivity index (χ1n) is 9.74. The molecule has 0 saturated heterocycles. The summed E-state index contributed by atoms with van der Waals surface area (Å²) in [6, 6.07) is 1.97. The van der Waals surface area contributed by atoms with E-state index in [4.69, 9.17) is 4.74 Å². The third-order valence-corrected chi connectivity index (χ3v) is 5.94. The van der Waals surface area contributed by atoms with Gasteiger partial charge in [0.15, 0.2) is 11.6 Å². The van der Waals surface area contributed by atoms with E-state index in [1.807, 2.05) is 19.1 Å². The minimum Gasteiger partial charge on any atom is -0.399 e. The number of benzene rings is 1. The van der Waals surface area contributed by atoms with E-state index < -0.39 is 23.7 Å². The van der Waals surface area contributed by atoms with E-state index in [1.165, 1.54) is 0 Å². The molecule has 28 heavy (non-hydrogen) atoms. The van der Waals surface area contributed by atoms with Gasteiger partial charge in [0.05, 0.1) is 12.7 Å². The quantitative estimate of drug-likeness (QED) is 0.411. The first kappa shape index (κ1) is 21.1. The average Bonchev–Trinajstić information content (AvgIpc) is 2.63. The maximum Gasteiger partial charge on any atom is 0.573 e. The minimum atomic E-state index is -5.13. The number of halogens is 5. The lowest BCUT2D eigenvalue weighted by Gasteiger charge is -2.42. The van der Waals surface area contributed by atoms with Gasteiger partial charge in [-0.05, 0) is 80.9 Å². The van der Waals surface area contributed by atoms with Crippen molar-refractivity contribution < 1.29 is 31.4 Å². The van der Waals surface area contributed by atoms with Crippen LogP contribution in [-0.4, -0.2) is 19.1 Å². The summed E-state index contributed by atoms with van der Waals surface area (Å²) in [5.74, 6) is -3.07. The van der Waals surface area contributed by atoms with Crippen molar-refractivity contribution in [3.63, 3.8) is 0 Å². The van der Waals surface area contributed by atoms with E-state index in [0.29, 0.717) is 24.0 Å². The van der Waals surface area contributed by atoms with Gasteiger partial charge in [-0.15, -0.1) is 13.2 Å². The smallest absolute Gasteiger partial charge is 0.399 e. The molecule has 2 fully saturated rings. The van der Waals surface area contributed by atoms with Crippen molar-refractivity contribution in [2.24, 2.45) is 11.8 Å². The summed E-state index contributed by atoms with van der Waals surface area (Å²) in [5, 5.41) is 0. The van der Waals surface area contributed by atoms with Crippen LogP contribution >= 0.6 is 0 Å². The molecule has 4 atom stereocenters. The van der Waals surface area contributed by atoms with Crippen LogP contribution in [0.1, 0.15) is 56.9 Å². The fourth-order valence-electron chi connectivity index (χ4n) is 4.62. The molecular formula is C21H25F5O2. The van der Waals surface area contributed by atoms with Crippen molar-refractivity contribution in [2.75, 3.05) is 6.61 Å². The Bertz CT molecular complexity index is 678. The summed E-state index contributed by atoms with van der Waals surface area (Å²) in [4.78, 5) is 0. The Labute approximate surface area is 161 Å². The molecule has 0 aromatic heterocycles. The van der Waals surface area contributed by atoms with Gasteiger partial charge in [-0.2, -0.15) is 0 Å². The van der Waals surface area contributed by atoms with Crippen LogP contribution in [0.15, 0.2) is 24.3 Å². The number of hydrogen-bond acceptors (Lipinski definition) is 2. The van der Waals surface area contributed by atoms with Crippen molar-refractivity contribution in [1.82, 2.24) is 0 Å². The topological polar surface area (TPSA) is 18.5 Å². The molecule has 1 aromatic rings. The van der Waals surface area contributed by atoms with Gasteiger partial charge in [0.2, 0.25) is 5.75 Å². The third-order valence-electron chi connectivity index (χ3n) is 5.94. The summed E-state index contributed by atoms with van der Waals surface area (Å²) >= 11 is 0. The van der Waals surface area contributed by atoms with Gasteiger partial charge in [0, 0.05) is 0 Å². The van der Waals surface area contributed by atoms with Crippen LogP contribution < -0.4 is 4.74 Å². The van der Waals surface area contributed by atoms with Gasteiger partial charge in [-0.25, -0.2) is 8.78 Å². The number of fused-ring (bicyclic) bond motifs is 1. The van der Waals surface area contributed by atoms with Crippen molar-refractivity contribution in [3.8, 4) is 5.75 Å². The van der Waals surface area contributed by atoms with E-state index in [0.717, 1.165) is 50.7 Å². The number of rotatable bonds is 5. The monoisotopic (exact) mass is 404 g/mol. The second-order valence-corrected chi connectivity index (χ2v) is 7.73. The first-order chi connectivity index (χ1) is 13.3. The standard InChI is InChI=1S/C21H25F5O2/c1-2-3-8-27-17-7-6-13-9-14(4-5-15(13)10-17)16-11-18(22)20(19(23)12-16)28-21(24,25)26/h2-3,11-15,17H,4-10H2,1H3/b3-2+. The lowest BCUT2D eigenvalue weighted by atomic mass is 9.65. The first-order valence-corrected chi connectivity index (χ1v) is 9.74. The molecule has 3 rings (SSSR count). The van der Waals surface area contributed by atoms with Gasteiger partial charge < -0.3 is 9.47 Å². The van der Waals surface area contributed by atoms with Gasteiger partial charge >= 0.3 is 6.36 Å². The molecule has 2 aliphatic carbocycles. The van der Waals surface area contributed by atoms with Gasteiger partial charge in [-0.1, -0.05) is 12.2 Å². The molecule has 0 spiro atoms. The molecule has 0 N–H and O–H groups in total. The summed E-state index contributed by atoms with van der Waals surface area (Å²) in [6.07, 6.45) is 4.52. The molecule has 0 amide bonds. The highest BCUT2D eigenvalue weighted by Gasteiger charge is 2.38. The Morgan fingerprint density at radius 3 is 2.29 bits per heavy atom. The Balaban J connectivity index is 1.63. The highest BCUT2D eigenvalue weighted by Crippen LogP contribution is 2.47. The number of allylic oxidation sites excluding steroid dienone is 1. The second-order valence-electron chi connectivity index (χ2n) is 7.73. The Hall–Kier alpha value is -1.63. The average molecular weight is 404 g/mol. The zero-order valence-electron chi connectivity index (χ0n) is 15.8.